The van der Waals surface area contributed by atoms with E-state index in [-0.39, 0.29) is 23.1 Å². The number of Topliss-reactive ketones (excluding diaryl/α,β-unsaturated/α-hetero) is 1. The van der Waals surface area contributed by atoms with Crippen LogP contribution in [-0.4, -0.2) is 28.4 Å². The van der Waals surface area contributed by atoms with E-state index in [1.54, 1.807) is 72.8 Å². The number of amides is 2. The standard InChI is InChI=1S/C25H18FNO4S/c26-20-10-6-18(7-11-20)16-31-21-12-8-17(9-13-21)14-23-24(29)27(25(30)32-23)15-22(28)19-4-2-1-3-5-19/h1-14H,15-16H2. The SMILES string of the molecule is O=C(CN1C(=O)SC(=Cc2ccc(OCc3ccc(F)cc3)cc2)C1=O)c1ccccc1. The molecule has 1 heterocycles. The minimum atomic E-state index is -0.485. The van der Waals surface area contributed by atoms with Gasteiger partial charge in [0.1, 0.15) is 18.2 Å². The number of imide groups is 1. The minimum Gasteiger partial charge on any atom is -0.489 e. The van der Waals surface area contributed by atoms with Gasteiger partial charge in [0.25, 0.3) is 11.1 Å². The van der Waals surface area contributed by atoms with Crippen LogP contribution in [0.3, 0.4) is 0 Å². The first-order chi connectivity index (χ1) is 15.5. The third kappa shape index (κ3) is 5.12. The maximum atomic E-state index is 13.0. The second kappa shape index (κ2) is 9.62. The molecule has 3 aromatic rings. The van der Waals surface area contributed by atoms with Crippen LogP contribution < -0.4 is 4.74 Å². The summed E-state index contributed by atoms with van der Waals surface area (Å²) >= 11 is 0.811. The molecule has 1 fully saturated rings. The van der Waals surface area contributed by atoms with E-state index in [2.05, 4.69) is 0 Å². The first kappa shape index (κ1) is 21.5. The molecule has 4 rings (SSSR count). The molecule has 0 atom stereocenters. The highest BCUT2D eigenvalue weighted by Crippen LogP contribution is 2.32. The molecule has 0 bridgehead atoms. The Labute approximate surface area is 188 Å². The van der Waals surface area contributed by atoms with Gasteiger partial charge in [-0.25, -0.2) is 4.39 Å². The Bertz CT molecular complexity index is 1170. The van der Waals surface area contributed by atoms with Gasteiger partial charge in [0, 0.05) is 5.56 Å². The zero-order valence-corrected chi connectivity index (χ0v) is 17.7. The Hall–Kier alpha value is -3.71. The molecule has 3 aromatic carbocycles. The normalized spacial score (nSPS) is 14.8. The van der Waals surface area contributed by atoms with Gasteiger partial charge >= 0.3 is 0 Å². The molecule has 0 aromatic heterocycles. The molecule has 32 heavy (non-hydrogen) atoms. The largest absolute Gasteiger partial charge is 0.489 e. The summed E-state index contributed by atoms with van der Waals surface area (Å²) in [4.78, 5) is 38.5. The van der Waals surface area contributed by atoms with Crippen LogP contribution in [0.25, 0.3) is 6.08 Å². The van der Waals surface area contributed by atoms with Gasteiger partial charge in [-0.05, 0) is 53.2 Å². The highest BCUT2D eigenvalue weighted by molar-refractivity contribution is 8.18. The summed E-state index contributed by atoms with van der Waals surface area (Å²) in [7, 11) is 0. The van der Waals surface area contributed by atoms with Gasteiger partial charge in [0.2, 0.25) is 0 Å². The van der Waals surface area contributed by atoms with Crippen molar-refractivity contribution in [2.24, 2.45) is 0 Å². The van der Waals surface area contributed by atoms with Gasteiger partial charge in [0.15, 0.2) is 5.78 Å². The number of thioether (sulfide) groups is 1. The molecular formula is C25H18FNO4S. The Balaban J connectivity index is 1.39. The van der Waals surface area contributed by atoms with Crippen molar-refractivity contribution in [3.8, 4) is 5.75 Å². The molecule has 7 heteroatoms. The van der Waals surface area contributed by atoms with Crippen molar-refractivity contribution >= 4 is 34.8 Å². The van der Waals surface area contributed by atoms with Crippen LogP contribution >= 0.6 is 11.8 Å². The monoisotopic (exact) mass is 447 g/mol. The van der Waals surface area contributed by atoms with Gasteiger partial charge in [0.05, 0.1) is 11.4 Å². The third-order valence-electron chi connectivity index (χ3n) is 4.77. The van der Waals surface area contributed by atoms with E-state index in [1.807, 2.05) is 0 Å². The van der Waals surface area contributed by atoms with E-state index in [9.17, 15) is 18.8 Å². The van der Waals surface area contributed by atoms with Crippen molar-refractivity contribution in [3.63, 3.8) is 0 Å². The summed E-state index contributed by atoms with van der Waals surface area (Å²) < 4.78 is 18.6. The van der Waals surface area contributed by atoms with Gasteiger partial charge in [-0.1, -0.05) is 54.6 Å². The second-order valence-corrected chi connectivity index (χ2v) is 8.03. The van der Waals surface area contributed by atoms with Crippen LogP contribution in [0.15, 0.2) is 83.8 Å². The van der Waals surface area contributed by atoms with E-state index in [0.717, 1.165) is 27.8 Å². The lowest BCUT2D eigenvalue weighted by atomic mass is 10.1. The third-order valence-corrected chi connectivity index (χ3v) is 5.68. The van der Waals surface area contributed by atoms with Crippen molar-refractivity contribution in [2.45, 2.75) is 6.61 Å². The van der Waals surface area contributed by atoms with Crippen molar-refractivity contribution in [2.75, 3.05) is 6.54 Å². The fourth-order valence-electron chi connectivity index (χ4n) is 3.05. The molecule has 0 saturated carbocycles. The zero-order chi connectivity index (χ0) is 22.5. The number of hydrogen-bond donors (Lipinski definition) is 0. The predicted octanol–water partition coefficient (Wildman–Crippen LogP) is 5.32. The number of rotatable bonds is 7. The Kier molecular flexibility index (Phi) is 6.47. The second-order valence-electron chi connectivity index (χ2n) is 7.04. The first-order valence-electron chi connectivity index (χ1n) is 9.80. The fraction of sp³-hybridized carbons (Fsp3) is 0.0800. The Morgan fingerprint density at radius 3 is 2.31 bits per heavy atom. The van der Waals surface area contributed by atoms with E-state index in [0.29, 0.717) is 17.9 Å². The molecule has 1 aliphatic rings. The summed E-state index contributed by atoms with van der Waals surface area (Å²) in [6, 6.07) is 21.6. The Morgan fingerprint density at radius 1 is 0.938 bits per heavy atom. The average molecular weight is 447 g/mol. The molecule has 1 aliphatic heterocycles. The number of ketones is 1. The van der Waals surface area contributed by atoms with Crippen molar-refractivity contribution in [1.82, 2.24) is 4.90 Å². The Morgan fingerprint density at radius 2 is 1.62 bits per heavy atom. The summed E-state index contributed by atoms with van der Waals surface area (Å²) in [5.74, 6) is -0.460. The smallest absolute Gasteiger partial charge is 0.293 e. The first-order valence-corrected chi connectivity index (χ1v) is 10.6. The van der Waals surface area contributed by atoms with Crippen LogP contribution in [0.4, 0.5) is 9.18 Å². The van der Waals surface area contributed by atoms with E-state index < -0.39 is 11.1 Å². The molecule has 0 radical (unpaired) electrons. The lowest BCUT2D eigenvalue weighted by molar-refractivity contribution is -0.122. The lowest BCUT2D eigenvalue weighted by Gasteiger charge is -2.11. The molecule has 5 nitrogen and oxygen atoms in total. The fourth-order valence-corrected chi connectivity index (χ4v) is 3.89. The van der Waals surface area contributed by atoms with Crippen LogP contribution in [0, 0.1) is 5.82 Å². The topological polar surface area (TPSA) is 63.7 Å². The number of ether oxygens (including phenoxy) is 1. The van der Waals surface area contributed by atoms with Gasteiger partial charge < -0.3 is 4.74 Å². The summed E-state index contributed by atoms with van der Waals surface area (Å²) in [5.41, 5.74) is 2.01. The van der Waals surface area contributed by atoms with E-state index in [4.69, 9.17) is 4.74 Å². The highest BCUT2D eigenvalue weighted by atomic mass is 32.2. The van der Waals surface area contributed by atoms with Crippen LogP contribution in [0.2, 0.25) is 0 Å². The van der Waals surface area contributed by atoms with Crippen molar-refractivity contribution in [3.05, 3.63) is 106 Å². The molecule has 160 valence electrons. The summed E-state index contributed by atoms with van der Waals surface area (Å²) in [6.45, 7) is 0.0101. The molecule has 0 unspecified atom stereocenters. The molecular weight excluding hydrogens is 429 g/mol. The maximum Gasteiger partial charge on any atom is 0.293 e. The van der Waals surface area contributed by atoms with E-state index >= 15 is 0 Å². The van der Waals surface area contributed by atoms with Crippen molar-refractivity contribution < 1.29 is 23.5 Å². The minimum absolute atomic E-state index is 0.260. The maximum absolute atomic E-state index is 13.0. The lowest BCUT2D eigenvalue weighted by Crippen LogP contribution is -2.33. The highest BCUT2D eigenvalue weighted by Gasteiger charge is 2.36. The van der Waals surface area contributed by atoms with Crippen molar-refractivity contribution in [1.29, 1.82) is 0 Å². The average Bonchev–Trinajstić information content (AvgIpc) is 3.07. The zero-order valence-electron chi connectivity index (χ0n) is 16.9. The molecule has 1 saturated heterocycles. The number of carbonyl (C=O) groups is 3. The summed E-state index contributed by atoms with van der Waals surface area (Å²) in [6.07, 6.45) is 1.61. The predicted molar refractivity (Wildman–Crippen MR) is 121 cm³/mol. The number of benzene rings is 3. The number of hydrogen-bond acceptors (Lipinski definition) is 5. The molecule has 0 spiro atoms. The molecule has 0 N–H and O–H groups in total. The quantitative estimate of drug-likeness (QED) is 0.362. The van der Waals surface area contributed by atoms with Gasteiger partial charge in [-0.2, -0.15) is 0 Å². The van der Waals surface area contributed by atoms with Crippen LogP contribution in [0.1, 0.15) is 21.5 Å². The van der Waals surface area contributed by atoms with Crippen LogP contribution in [0.5, 0.6) is 5.75 Å². The number of nitrogens with zero attached hydrogens (tertiary/aromatic N) is 1. The summed E-state index contributed by atoms with van der Waals surface area (Å²) in [5, 5.41) is -0.468. The van der Waals surface area contributed by atoms with Gasteiger partial charge in [-0.3, -0.25) is 19.3 Å². The number of carbonyl (C=O) groups excluding carboxylic acids is 3. The van der Waals surface area contributed by atoms with Crippen LogP contribution in [-0.2, 0) is 11.4 Å². The molecule has 0 aliphatic carbocycles. The van der Waals surface area contributed by atoms with Gasteiger partial charge in [-0.15, -0.1) is 0 Å². The molecule has 2 amide bonds. The van der Waals surface area contributed by atoms with E-state index in [1.165, 1.54) is 12.1 Å². The number of halogens is 1.